The fourth-order valence-corrected chi connectivity index (χ4v) is 1.96. The lowest BCUT2D eigenvalue weighted by Gasteiger charge is -2.15. The van der Waals surface area contributed by atoms with E-state index >= 15 is 0 Å². The highest BCUT2D eigenvalue weighted by Gasteiger charge is 2.11. The predicted octanol–water partition coefficient (Wildman–Crippen LogP) is 4.36. The first kappa shape index (κ1) is 14.3. The Kier molecular flexibility index (Phi) is 4.58. The maximum absolute atomic E-state index is 13.1. The molecule has 3 nitrogen and oxygen atoms in total. The van der Waals surface area contributed by atoms with Crippen LogP contribution in [0.5, 0.6) is 0 Å². The van der Waals surface area contributed by atoms with Gasteiger partial charge in [-0.25, -0.2) is 9.18 Å². The fourth-order valence-electron chi connectivity index (χ4n) is 1.78. The van der Waals surface area contributed by atoms with E-state index in [9.17, 15) is 9.18 Å². The number of anilines is 1. The van der Waals surface area contributed by atoms with E-state index in [-0.39, 0.29) is 11.9 Å². The molecule has 1 atom stereocenters. The normalized spacial score (nSPS) is 11.8. The molecule has 20 heavy (non-hydrogen) atoms. The molecular formula is C15H14ClFN2O. The monoisotopic (exact) mass is 292 g/mol. The largest absolute Gasteiger partial charge is 0.331 e. The van der Waals surface area contributed by atoms with Crippen LogP contribution in [0.1, 0.15) is 18.5 Å². The number of benzene rings is 2. The topological polar surface area (TPSA) is 41.1 Å². The Balaban J connectivity index is 2.00. The molecule has 0 aliphatic carbocycles. The number of amides is 2. The molecule has 0 aromatic heterocycles. The molecule has 0 radical (unpaired) electrons. The number of para-hydroxylation sites is 1. The third-order valence-electron chi connectivity index (χ3n) is 2.82. The average Bonchev–Trinajstić information content (AvgIpc) is 2.41. The summed E-state index contributed by atoms with van der Waals surface area (Å²) in [5.74, 6) is -0.331. The van der Waals surface area contributed by atoms with E-state index in [2.05, 4.69) is 10.6 Å². The minimum Gasteiger partial charge on any atom is -0.331 e. The molecule has 0 heterocycles. The molecule has 0 bridgehead atoms. The molecule has 0 aliphatic rings. The number of nitrogens with one attached hydrogen (secondary N) is 2. The van der Waals surface area contributed by atoms with Crippen molar-refractivity contribution in [2.75, 3.05) is 5.32 Å². The van der Waals surface area contributed by atoms with Gasteiger partial charge in [0.2, 0.25) is 0 Å². The Hall–Kier alpha value is -2.07. The number of rotatable bonds is 3. The Labute approximate surface area is 121 Å². The van der Waals surface area contributed by atoms with E-state index in [0.29, 0.717) is 16.3 Å². The first-order valence-electron chi connectivity index (χ1n) is 6.14. The number of halogens is 2. The second-order valence-corrected chi connectivity index (χ2v) is 4.76. The highest BCUT2D eigenvalue weighted by atomic mass is 35.5. The SMILES string of the molecule is CC(NC(=O)Nc1ccccc1Cl)c1cccc(F)c1. The standard InChI is InChI=1S/C15H14ClFN2O/c1-10(11-5-4-6-12(17)9-11)18-15(20)19-14-8-3-2-7-13(14)16/h2-10H,1H3,(H2,18,19,20). The van der Waals surface area contributed by atoms with Crippen LogP contribution in [-0.4, -0.2) is 6.03 Å². The fraction of sp³-hybridized carbons (Fsp3) is 0.133. The van der Waals surface area contributed by atoms with Gasteiger partial charge in [-0.05, 0) is 36.8 Å². The summed E-state index contributed by atoms with van der Waals surface area (Å²) < 4.78 is 13.1. The van der Waals surface area contributed by atoms with E-state index in [0.717, 1.165) is 0 Å². The third-order valence-corrected chi connectivity index (χ3v) is 3.15. The number of carbonyl (C=O) groups is 1. The zero-order chi connectivity index (χ0) is 14.5. The Morgan fingerprint density at radius 1 is 1.20 bits per heavy atom. The van der Waals surface area contributed by atoms with Gasteiger partial charge in [-0.15, -0.1) is 0 Å². The van der Waals surface area contributed by atoms with Crippen molar-refractivity contribution in [1.29, 1.82) is 0 Å². The minimum absolute atomic E-state index is 0.312. The second-order valence-electron chi connectivity index (χ2n) is 4.36. The molecule has 2 aromatic carbocycles. The van der Waals surface area contributed by atoms with Crippen molar-refractivity contribution < 1.29 is 9.18 Å². The van der Waals surface area contributed by atoms with Crippen LogP contribution in [0.25, 0.3) is 0 Å². The summed E-state index contributed by atoms with van der Waals surface area (Å²) in [5, 5.41) is 5.83. The van der Waals surface area contributed by atoms with Crippen LogP contribution in [0.3, 0.4) is 0 Å². The second kappa shape index (κ2) is 6.39. The van der Waals surface area contributed by atoms with Gasteiger partial charge in [0, 0.05) is 0 Å². The molecule has 2 N–H and O–H groups in total. The van der Waals surface area contributed by atoms with Crippen molar-refractivity contribution >= 4 is 23.3 Å². The van der Waals surface area contributed by atoms with Gasteiger partial charge in [0.05, 0.1) is 16.8 Å². The lowest BCUT2D eigenvalue weighted by molar-refractivity contribution is 0.249. The summed E-state index contributed by atoms with van der Waals surface area (Å²) in [6, 6.07) is 12.3. The maximum atomic E-state index is 13.1. The van der Waals surface area contributed by atoms with Crippen LogP contribution in [0.15, 0.2) is 48.5 Å². The zero-order valence-electron chi connectivity index (χ0n) is 10.9. The van der Waals surface area contributed by atoms with Gasteiger partial charge >= 0.3 is 6.03 Å². The Morgan fingerprint density at radius 2 is 1.95 bits per heavy atom. The summed E-state index contributed by atoms with van der Waals surface area (Å²) in [6.45, 7) is 1.78. The highest BCUT2D eigenvalue weighted by molar-refractivity contribution is 6.33. The molecule has 5 heteroatoms. The lowest BCUT2D eigenvalue weighted by Crippen LogP contribution is -2.31. The van der Waals surface area contributed by atoms with Crippen molar-refractivity contribution in [1.82, 2.24) is 5.32 Å². The van der Waals surface area contributed by atoms with Crippen molar-refractivity contribution in [3.63, 3.8) is 0 Å². The van der Waals surface area contributed by atoms with Crippen molar-refractivity contribution in [3.05, 3.63) is 64.9 Å². The van der Waals surface area contributed by atoms with Crippen LogP contribution < -0.4 is 10.6 Å². The van der Waals surface area contributed by atoms with Gasteiger partial charge in [0.25, 0.3) is 0 Å². The summed E-state index contributed by atoms with van der Waals surface area (Å²) in [4.78, 5) is 11.9. The molecule has 2 amide bonds. The van der Waals surface area contributed by atoms with Crippen LogP contribution in [0.4, 0.5) is 14.9 Å². The van der Waals surface area contributed by atoms with Crippen molar-refractivity contribution in [2.24, 2.45) is 0 Å². The number of urea groups is 1. The maximum Gasteiger partial charge on any atom is 0.319 e. The van der Waals surface area contributed by atoms with E-state index in [1.165, 1.54) is 12.1 Å². The Bertz CT molecular complexity index is 618. The molecule has 104 valence electrons. The predicted molar refractivity (Wildman–Crippen MR) is 78.4 cm³/mol. The van der Waals surface area contributed by atoms with Gasteiger partial charge in [-0.2, -0.15) is 0 Å². The van der Waals surface area contributed by atoms with Crippen molar-refractivity contribution in [3.8, 4) is 0 Å². The minimum atomic E-state index is -0.394. The summed E-state index contributed by atoms with van der Waals surface area (Å²) in [7, 11) is 0. The summed E-state index contributed by atoms with van der Waals surface area (Å²) >= 11 is 5.95. The lowest BCUT2D eigenvalue weighted by atomic mass is 10.1. The van der Waals surface area contributed by atoms with Crippen LogP contribution in [0.2, 0.25) is 5.02 Å². The quantitative estimate of drug-likeness (QED) is 0.867. The third kappa shape index (κ3) is 3.71. The number of hydrogen-bond acceptors (Lipinski definition) is 1. The molecule has 0 saturated heterocycles. The molecule has 0 spiro atoms. The van der Waals surface area contributed by atoms with E-state index in [4.69, 9.17) is 11.6 Å². The highest BCUT2D eigenvalue weighted by Crippen LogP contribution is 2.20. The number of carbonyl (C=O) groups excluding carboxylic acids is 1. The molecule has 0 saturated carbocycles. The van der Waals surface area contributed by atoms with Crippen molar-refractivity contribution in [2.45, 2.75) is 13.0 Å². The first-order valence-corrected chi connectivity index (χ1v) is 6.51. The summed E-state index contributed by atoms with van der Waals surface area (Å²) in [6.07, 6.45) is 0. The number of hydrogen-bond donors (Lipinski definition) is 2. The Morgan fingerprint density at radius 3 is 2.65 bits per heavy atom. The molecular weight excluding hydrogens is 279 g/mol. The molecule has 2 aromatic rings. The first-order chi connectivity index (χ1) is 9.56. The molecule has 0 fully saturated rings. The smallest absolute Gasteiger partial charge is 0.319 e. The average molecular weight is 293 g/mol. The van der Waals surface area contributed by atoms with E-state index in [1.807, 2.05) is 0 Å². The zero-order valence-corrected chi connectivity index (χ0v) is 11.6. The van der Waals surface area contributed by atoms with E-state index < -0.39 is 6.03 Å². The van der Waals surface area contributed by atoms with Crippen LogP contribution in [0, 0.1) is 5.82 Å². The molecule has 2 rings (SSSR count). The van der Waals surface area contributed by atoms with Gasteiger partial charge in [-0.3, -0.25) is 0 Å². The van der Waals surface area contributed by atoms with E-state index in [1.54, 1.807) is 43.3 Å². The van der Waals surface area contributed by atoms with Gasteiger partial charge in [0.15, 0.2) is 0 Å². The van der Waals surface area contributed by atoms with Gasteiger partial charge in [-0.1, -0.05) is 35.9 Å². The van der Waals surface area contributed by atoms with Crippen LogP contribution >= 0.6 is 11.6 Å². The van der Waals surface area contributed by atoms with Gasteiger partial charge < -0.3 is 10.6 Å². The van der Waals surface area contributed by atoms with Gasteiger partial charge in [0.1, 0.15) is 5.82 Å². The van der Waals surface area contributed by atoms with Crippen LogP contribution in [-0.2, 0) is 0 Å². The molecule has 0 aliphatic heterocycles. The summed E-state index contributed by atoms with van der Waals surface area (Å²) in [5.41, 5.74) is 1.22. The molecule has 1 unspecified atom stereocenters.